The summed E-state index contributed by atoms with van der Waals surface area (Å²) in [6.07, 6.45) is 3.93. The highest BCUT2D eigenvalue weighted by atomic mass is 35.5. The Morgan fingerprint density at radius 1 is 0.786 bits per heavy atom. The molecule has 42 heavy (non-hydrogen) atoms. The maximum absolute atomic E-state index is 12.4. The highest BCUT2D eigenvalue weighted by molar-refractivity contribution is 6.42. The molecule has 11 heteroatoms. The van der Waals surface area contributed by atoms with Crippen LogP contribution in [0.3, 0.4) is 0 Å². The first-order valence-corrected chi connectivity index (χ1v) is 14.7. The molecule has 222 valence electrons. The number of carbonyl (C=O) groups is 1. The minimum Gasteiger partial charge on any atom is -0.493 e. The summed E-state index contributed by atoms with van der Waals surface area (Å²) in [6, 6.07) is 8.96. The van der Waals surface area contributed by atoms with Crippen LogP contribution < -0.4 is 33.7 Å². The Balaban J connectivity index is 1.13. The Morgan fingerprint density at radius 3 is 1.93 bits per heavy atom. The molecule has 0 saturated heterocycles. The maximum atomic E-state index is 12.4. The molecule has 9 nitrogen and oxygen atoms in total. The van der Waals surface area contributed by atoms with Gasteiger partial charge in [0.05, 0.1) is 24.3 Å². The zero-order chi connectivity index (χ0) is 29.2. The summed E-state index contributed by atoms with van der Waals surface area (Å²) >= 11 is 12.0. The zero-order valence-corrected chi connectivity index (χ0v) is 25.0. The monoisotopic (exact) mass is 614 g/mol. The first kappa shape index (κ1) is 28.6. The van der Waals surface area contributed by atoms with E-state index in [9.17, 15) is 4.79 Å². The summed E-state index contributed by atoms with van der Waals surface area (Å²) in [5, 5.41) is 3.76. The molecule has 0 aliphatic carbocycles. The average molecular weight is 616 g/mol. The molecule has 3 heterocycles. The highest BCUT2D eigenvalue weighted by Gasteiger charge is 2.36. The van der Waals surface area contributed by atoms with Gasteiger partial charge < -0.3 is 33.7 Å². The number of carbonyl (C=O) groups excluding carboxylic acids is 1. The van der Waals surface area contributed by atoms with Crippen LogP contribution in [0.5, 0.6) is 34.5 Å². The van der Waals surface area contributed by atoms with E-state index in [0.29, 0.717) is 69.7 Å². The lowest BCUT2D eigenvalue weighted by molar-refractivity contribution is 0.0953. The van der Waals surface area contributed by atoms with E-state index in [1.54, 1.807) is 32.4 Å². The average Bonchev–Trinajstić information content (AvgIpc) is 3.65. The van der Waals surface area contributed by atoms with Crippen molar-refractivity contribution in [3.05, 3.63) is 57.1 Å². The predicted molar refractivity (Wildman–Crippen MR) is 159 cm³/mol. The van der Waals surface area contributed by atoms with Crippen LogP contribution in [-0.4, -0.2) is 51.7 Å². The lowest BCUT2D eigenvalue weighted by Crippen LogP contribution is -2.24. The van der Waals surface area contributed by atoms with Crippen molar-refractivity contribution in [3.8, 4) is 45.6 Å². The van der Waals surface area contributed by atoms with E-state index in [1.807, 2.05) is 12.1 Å². The number of halogens is 2. The fraction of sp³-hybridized carbons (Fsp3) is 0.387. The fourth-order valence-electron chi connectivity index (χ4n) is 5.73. The second-order valence-electron chi connectivity index (χ2n) is 10.4. The number of unbranched alkanes of at least 4 members (excludes halogenated alkanes) is 3. The number of methoxy groups -OCH3 is 2. The molecule has 3 aliphatic heterocycles. The van der Waals surface area contributed by atoms with E-state index in [2.05, 4.69) is 10.2 Å². The van der Waals surface area contributed by atoms with Gasteiger partial charge in [-0.1, -0.05) is 36.0 Å². The molecule has 0 aromatic heterocycles. The normalized spacial score (nSPS) is 14.7. The van der Waals surface area contributed by atoms with Gasteiger partial charge in [0.2, 0.25) is 25.1 Å². The largest absolute Gasteiger partial charge is 0.493 e. The van der Waals surface area contributed by atoms with Gasteiger partial charge in [0.25, 0.3) is 5.91 Å². The van der Waals surface area contributed by atoms with Crippen molar-refractivity contribution in [2.75, 3.05) is 40.9 Å². The zero-order valence-electron chi connectivity index (χ0n) is 23.5. The van der Waals surface area contributed by atoms with E-state index in [-0.39, 0.29) is 19.5 Å². The van der Waals surface area contributed by atoms with Crippen molar-refractivity contribution >= 4 is 29.1 Å². The smallest absolute Gasteiger partial charge is 0.251 e. The molecular formula is C31H32Cl2N2O7. The lowest BCUT2D eigenvalue weighted by Gasteiger charge is -2.21. The van der Waals surface area contributed by atoms with Crippen molar-refractivity contribution in [3.63, 3.8) is 0 Å². The number of nitrogens with one attached hydrogen (secondary N) is 1. The van der Waals surface area contributed by atoms with Crippen molar-refractivity contribution in [2.45, 2.75) is 38.8 Å². The third kappa shape index (κ3) is 5.48. The van der Waals surface area contributed by atoms with Crippen LogP contribution >= 0.6 is 23.2 Å². The molecule has 0 unspecified atom stereocenters. The Kier molecular flexibility index (Phi) is 8.42. The van der Waals surface area contributed by atoms with E-state index in [4.69, 9.17) is 51.6 Å². The van der Waals surface area contributed by atoms with Gasteiger partial charge in [0.1, 0.15) is 0 Å². The van der Waals surface area contributed by atoms with Gasteiger partial charge in [-0.2, -0.15) is 0 Å². The minimum absolute atomic E-state index is 0.130. The summed E-state index contributed by atoms with van der Waals surface area (Å²) in [5.41, 5.74) is 4.54. The van der Waals surface area contributed by atoms with Crippen LogP contribution in [-0.2, 0) is 13.1 Å². The number of ether oxygens (including phenoxy) is 6. The maximum Gasteiger partial charge on any atom is 0.251 e. The molecule has 3 aliphatic rings. The fourth-order valence-corrected chi connectivity index (χ4v) is 6.03. The van der Waals surface area contributed by atoms with Crippen LogP contribution in [0.25, 0.3) is 11.1 Å². The SMILES string of the molecule is COc1cc2c(c3c1OCO3)-c1c(cc(OC)c3c1OCO3)CN(CCCCCCNC(=O)c1ccc(Cl)c(Cl)c1)C2. The van der Waals surface area contributed by atoms with Crippen molar-refractivity contribution in [1.82, 2.24) is 10.2 Å². The van der Waals surface area contributed by atoms with Gasteiger partial charge in [0.15, 0.2) is 23.0 Å². The number of hydrogen-bond donors (Lipinski definition) is 1. The number of amides is 1. The van der Waals surface area contributed by atoms with E-state index in [0.717, 1.165) is 54.5 Å². The molecular weight excluding hydrogens is 583 g/mol. The van der Waals surface area contributed by atoms with Gasteiger partial charge in [-0.25, -0.2) is 0 Å². The second kappa shape index (κ2) is 12.4. The summed E-state index contributed by atoms with van der Waals surface area (Å²) in [7, 11) is 3.28. The van der Waals surface area contributed by atoms with Gasteiger partial charge in [0, 0.05) is 36.3 Å². The molecule has 1 N–H and O–H groups in total. The molecule has 0 spiro atoms. The van der Waals surface area contributed by atoms with E-state index in [1.165, 1.54) is 0 Å². The second-order valence-corrected chi connectivity index (χ2v) is 11.2. The molecule has 3 aromatic carbocycles. The van der Waals surface area contributed by atoms with Crippen LogP contribution in [0, 0.1) is 0 Å². The quantitative estimate of drug-likeness (QED) is 0.261. The topological polar surface area (TPSA) is 87.7 Å². The molecule has 1 amide bonds. The van der Waals surface area contributed by atoms with Crippen LogP contribution in [0.15, 0.2) is 30.3 Å². The van der Waals surface area contributed by atoms with Crippen molar-refractivity contribution in [1.29, 1.82) is 0 Å². The van der Waals surface area contributed by atoms with Crippen molar-refractivity contribution in [2.24, 2.45) is 0 Å². The third-order valence-electron chi connectivity index (χ3n) is 7.73. The molecule has 3 aromatic rings. The van der Waals surface area contributed by atoms with Crippen LogP contribution in [0.4, 0.5) is 0 Å². The Hall–Kier alpha value is -3.53. The number of benzene rings is 3. The summed E-state index contributed by atoms with van der Waals surface area (Å²) in [5.74, 6) is 3.68. The molecule has 6 rings (SSSR count). The van der Waals surface area contributed by atoms with E-state index < -0.39 is 0 Å². The Bertz CT molecular complexity index is 1440. The highest BCUT2D eigenvalue weighted by Crippen LogP contribution is 2.57. The number of hydrogen-bond acceptors (Lipinski definition) is 8. The molecule has 0 saturated carbocycles. The summed E-state index contributed by atoms with van der Waals surface area (Å²) in [4.78, 5) is 14.8. The first-order valence-electron chi connectivity index (χ1n) is 13.9. The van der Waals surface area contributed by atoms with Gasteiger partial charge in [-0.15, -0.1) is 0 Å². The predicted octanol–water partition coefficient (Wildman–Crippen LogP) is 6.44. The van der Waals surface area contributed by atoms with Crippen LogP contribution in [0.2, 0.25) is 10.0 Å². The number of nitrogens with zero attached hydrogens (tertiary/aromatic N) is 1. The van der Waals surface area contributed by atoms with E-state index >= 15 is 0 Å². The molecule has 0 atom stereocenters. The molecule has 0 radical (unpaired) electrons. The summed E-state index contributed by atoms with van der Waals surface area (Å²) in [6.45, 7) is 3.16. The molecule has 0 bridgehead atoms. The lowest BCUT2D eigenvalue weighted by atomic mass is 9.93. The Morgan fingerprint density at radius 2 is 1.36 bits per heavy atom. The van der Waals surface area contributed by atoms with Gasteiger partial charge in [-0.3, -0.25) is 9.69 Å². The summed E-state index contributed by atoms with van der Waals surface area (Å²) < 4.78 is 34.9. The minimum atomic E-state index is -0.150. The standard InChI is InChI=1S/C31H32Cl2N2O7/c1-37-23-12-19-14-35(10-6-4-3-5-9-34-31(36)18-7-8-21(32)22(33)11-18)15-20-13-24(38-2)28-30(42-17-40-28)26(20)25(19)29-27(23)39-16-41-29/h7-8,11-13H,3-6,9-10,14-17H2,1-2H3,(H,34,36). The third-order valence-corrected chi connectivity index (χ3v) is 8.47. The van der Waals surface area contributed by atoms with Gasteiger partial charge >= 0.3 is 0 Å². The number of fused-ring (bicyclic) bond motifs is 7. The Labute approximate surface area is 254 Å². The molecule has 0 fully saturated rings. The first-order chi connectivity index (χ1) is 20.5. The van der Waals surface area contributed by atoms with Crippen molar-refractivity contribution < 1.29 is 33.2 Å². The van der Waals surface area contributed by atoms with Crippen LogP contribution in [0.1, 0.15) is 47.2 Å². The van der Waals surface area contributed by atoms with Gasteiger partial charge in [-0.05, 0) is 60.8 Å². The number of rotatable bonds is 10.